The van der Waals surface area contributed by atoms with Crippen LogP contribution in [0, 0.1) is 0 Å². The van der Waals surface area contributed by atoms with Gasteiger partial charge in [0.05, 0.1) is 0 Å². The van der Waals surface area contributed by atoms with Gasteiger partial charge in [0.2, 0.25) is 0 Å². The molecule has 0 radical (unpaired) electrons. The van der Waals surface area contributed by atoms with Gasteiger partial charge in [0.25, 0.3) is 0 Å². The first-order chi connectivity index (χ1) is 16.3. The molecule has 1 aliphatic heterocycles. The van der Waals surface area contributed by atoms with Gasteiger partial charge < -0.3 is 25.5 Å². The predicted octanol–water partition coefficient (Wildman–Crippen LogP) is 2.70. The molecule has 0 fully saturated rings. The number of rotatable bonds is 9. The molecule has 1 aromatic carbocycles. The highest BCUT2D eigenvalue weighted by atomic mass is 35.5. The second-order valence-corrected chi connectivity index (χ2v) is 7.54. The zero-order valence-electron chi connectivity index (χ0n) is 18.2. The first kappa shape index (κ1) is 26.5. The Balaban J connectivity index is 0.000000440. The fraction of sp³-hybridized carbons (Fsp3) is 0.261. The standard InChI is InChI=1S/C19H21ClN4O2.C4H4O4/c20-16-7-6-14-4-5-15-12-22-13-23-19(15)24(17(14)11-16)10-2-9-21-8-1-3-18(25)26;5-3(6)1-2-4(7)8/h1,3,6-7,11-13,21H,2,4-5,8-10H2,(H,25,26);1-2H,(H,5,6)(H,7,8)/b3-1+;2-1+. The summed E-state index contributed by atoms with van der Waals surface area (Å²) in [4.78, 5) is 40.4. The van der Waals surface area contributed by atoms with Crippen molar-refractivity contribution in [2.24, 2.45) is 0 Å². The van der Waals surface area contributed by atoms with Crippen molar-refractivity contribution in [2.45, 2.75) is 19.3 Å². The average molecular weight is 489 g/mol. The quantitative estimate of drug-likeness (QED) is 0.306. The monoisotopic (exact) mass is 488 g/mol. The summed E-state index contributed by atoms with van der Waals surface area (Å²) in [6.07, 6.45) is 10.1. The molecule has 3 rings (SSSR count). The van der Waals surface area contributed by atoms with Crippen LogP contribution in [0.5, 0.6) is 0 Å². The van der Waals surface area contributed by atoms with Crippen LogP contribution in [0.25, 0.3) is 0 Å². The maximum absolute atomic E-state index is 10.4. The number of halogens is 1. The van der Waals surface area contributed by atoms with E-state index in [1.165, 1.54) is 5.56 Å². The number of aliphatic carboxylic acids is 3. The summed E-state index contributed by atoms with van der Waals surface area (Å²) in [6.45, 7) is 2.09. The second kappa shape index (κ2) is 13.7. The van der Waals surface area contributed by atoms with Crippen LogP contribution in [-0.4, -0.2) is 62.8 Å². The molecular weight excluding hydrogens is 464 g/mol. The van der Waals surface area contributed by atoms with E-state index in [1.807, 2.05) is 18.3 Å². The molecule has 34 heavy (non-hydrogen) atoms. The van der Waals surface area contributed by atoms with Crippen molar-refractivity contribution in [3.63, 3.8) is 0 Å². The fourth-order valence-corrected chi connectivity index (χ4v) is 3.40. The Morgan fingerprint density at radius 1 is 1.03 bits per heavy atom. The van der Waals surface area contributed by atoms with Gasteiger partial charge in [-0.05, 0) is 43.5 Å². The Kier molecular flexibility index (Phi) is 10.7. The lowest BCUT2D eigenvalue weighted by molar-refractivity contribution is -0.134. The lowest BCUT2D eigenvalue weighted by Gasteiger charge is -2.25. The van der Waals surface area contributed by atoms with E-state index in [9.17, 15) is 14.4 Å². The number of aromatic nitrogens is 2. The lowest BCUT2D eigenvalue weighted by Crippen LogP contribution is -2.25. The number of hydrogen-bond acceptors (Lipinski definition) is 7. The molecule has 0 unspecified atom stereocenters. The molecule has 1 aromatic heterocycles. The summed E-state index contributed by atoms with van der Waals surface area (Å²) in [5.41, 5.74) is 3.49. The molecule has 0 aliphatic carbocycles. The third kappa shape index (κ3) is 9.00. The zero-order chi connectivity index (χ0) is 24.9. The van der Waals surface area contributed by atoms with E-state index in [1.54, 1.807) is 12.4 Å². The maximum Gasteiger partial charge on any atom is 0.328 e. The largest absolute Gasteiger partial charge is 0.478 e. The van der Waals surface area contributed by atoms with Crippen molar-refractivity contribution in [1.29, 1.82) is 0 Å². The molecule has 11 heteroatoms. The van der Waals surface area contributed by atoms with Crippen molar-refractivity contribution >= 4 is 41.0 Å². The van der Waals surface area contributed by atoms with Crippen molar-refractivity contribution in [3.05, 3.63) is 71.2 Å². The van der Waals surface area contributed by atoms with Crippen molar-refractivity contribution < 1.29 is 29.7 Å². The number of fused-ring (bicyclic) bond motifs is 2. The van der Waals surface area contributed by atoms with E-state index in [2.05, 4.69) is 26.3 Å². The summed E-state index contributed by atoms with van der Waals surface area (Å²) < 4.78 is 0. The Morgan fingerprint density at radius 2 is 1.71 bits per heavy atom. The molecule has 0 atom stereocenters. The molecule has 10 nitrogen and oxygen atoms in total. The third-order valence-electron chi connectivity index (χ3n) is 4.65. The van der Waals surface area contributed by atoms with Gasteiger partial charge in [-0.1, -0.05) is 23.7 Å². The Bertz CT molecular complexity index is 1060. The minimum atomic E-state index is -1.26. The van der Waals surface area contributed by atoms with Crippen LogP contribution >= 0.6 is 11.6 Å². The number of anilines is 2. The van der Waals surface area contributed by atoms with Crippen LogP contribution in [0.2, 0.25) is 5.02 Å². The Morgan fingerprint density at radius 3 is 2.38 bits per heavy atom. The SMILES string of the molecule is O=C(O)/C=C/C(=O)O.O=C(O)/C=C/CNCCCN1c2cc(Cl)ccc2CCc2cncnc21. The number of carbonyl (C=O) groups is 3. The van der Waals surface area contributed by atoms with Gasteiger partial charge in [0.15, 0.2) is 0 Å². The lowest BCUT2D eigenvalue weighted by atomic mass is 10.1. The van der Waals surface area contributed by atoms with Gasteiger partial charge in [0, 0.05) is 53.8 Å². The van der Waals surface area contributed by atoms with E-state index >= 15 is 0 Å². The molecule has 2 aromatic rings. The van der Waals surface area contributed by atoms with Gasteiger partial charge in [-0.25, -0.2) is 24.4 Å². The number of benzene rings is 1. The first-order valence-corrected chi connectivity index (χ1v) is 10.7. The van der Waals surface area contributed by atoms with Crippen molar-refractivity contribution in [2.75, 3.05) is 24.5 Å². The van der Waals surface area contributed by atoms with Crippen LogP contribution in [0.15, 0.2) is 55.0 Å². The van der Waals surface area contributed by atoms with E-state index in [-0.39, 0.29) is 0 Å². The molecule has 4 N–H and O–H groups in total. The second-order valence-electron chi connectivity index (χ2n) is 7.10. The predicted molar refractivity (Wildman–Crippen MR) is 127 cm³/mol. The van der Waals surface area contributed by atoms with Gasteiger partial charge in [-0.3, -0.25) is 0 Å². The molecule has 0 spiro atoms. The Labute approximate surface area is 201 Å². The smallest absolute Gasteiger partial charge is 0.328 e. The van der Waals surface area contributed by atoms with Gasteiger partial charge in [0.1, 0.15) is 12.1 Å². The molecule has 2 heterocycles. The first-order valence-electron chi connectivity index (χ1n) is 10.4. The van der Waals surface area contributed by atoms with Crippen molar-refractivity contribution in [3.8, 4) is 0 Å². The summed E-state index contributed by atoms with van der Waals surface area (Å²) >= 11 is 6.24. The van der Waals surface area contributed by atoms with Crippen LogP contribution in [0.1, 0.15) is 17.5 Å². The molecule has 0 bridgehead atoms. The normalized spacial score (nSPS) is 12.4. The summed E-state index contributed by atoms with van der Waals surface area (Å²) in [5.74, 6) is -2.51. The minimum absolute atomic E-state index is 0.535. The summed E-state index contributed by atoms with van der Waals surface area (Å²) in [5, 5.41) is 28.1. The molecule has 1 aliphatic rings. The van der Waals surface area contributed by atoms with Crippen LogP contribution in [0.3, 0.4) is 0 Å². The van der Waals surface area contributed by atoms with E-state index in [4.69, 9.17) is 26.9 Å². The van der Waals surface area contributed by atoms with Crippen LogP contribution < -0.4 is 10.2 Å². The van der Waals surface area contributed by atoms with E-state index < -0.39 is 17.9 Å². The maximum atomic E-state index is 10.4. The number of nitrogens with one attached hydrogen (secondary N) is 1. The van der Waals surface area contributed by atoms with Crippen molar-refractivity contribution in [1.82, 2.24) is 15.3 Å². The third-order valence-corrected chi connectivity index (χ3v) is 4.88. The minimum Gasteiger partial charge on any atom is -0.478 e. The number of hydrogen-bond donors (Lipinski definition) is 4. The number of aryl methyl sites for hydroxylation is 2. The fourth-order valence-electron chi connectivity index (χ4n) is 3.23. The molecule has 180 valence electrons. The number of carboxylic acid groups (broad SMARTS) is 3. The highest BCUT2D eigenvalue weighted by Crippen LogP contribution is 2.35. The number of carboxylic acids is 3. The highest BCUT2D eigenvalue weighted by molar-refractivity contribution is 6.30. The highest BCUT2D eigenvalue weighted by Gasteiger charge is 2.21. The van der Waals surface area contributed by atoms with Gasteiger partial charge >= 0.3 is 17.9 Å². The van der Waals surface area contributed by atoms with Gasteiger partial charge in [-0.15, -0.1) is 0 Å². The summed E-state index contributed by atoms with van der Waals surface area (Å²) in [6, 6.07) is 6.01. The molecule has 0 saturated carbocycles. The average Bonchev–Trinajstić information content (AvgIpc) is 2.94. The summed E-state index contributed by atoms with van der Waals surface area (Å²) in [7, 11) is 0. The Hall–Kier alpha value is -3.76. The zero-order valence-corrected chi connectivity index (χ0v) is 19.0. The van der Waals surface area contributed by atoms with E-state index in [0.29, 0.717) is 23.7 Å². The topological polar surface area (TPSA) is 153 Å². The number of nitrogens with zero attached hydrogens (tertiary/aromatic N) is 3. The van der Waals surface area contributed by atoms with E-state index in [0.717, 1.165) is 55.5 Å². The molecule has 0 saturated heterocycles. The van der Waals surface area contributed by atoms with Crippen LogP contribution in [0.4, 0.5) is 11.5 Å². The molecule has 0 amide bonds. The molecular formula is C23H25ClN4O6. The van der Waals surface area contributed by atoms with Crippen LogP contribution in [-0.2, 0) is 27.2 Å². The van der Waals surface area contributed by atoms with Gasteiger partial charge in [-0.2, -0.15) is 0 Å².